The summed E-state index contributed by atoms with van der Waals surface area (Å²) in [7, 11) is 0. The van der Waals surface area contributed by atoms with Gasteiger partial charge in [-0.2, -0.15) is 4.98 Å². The normalized spacial score (nSPS) is 12.6. The summed E-state index contributed by atoms with van der Waals surface area (Å²) in [4.78, 5) is 20.8. The minimum atomic E-state index is -4.79. The second-order valence-corrected chi connectivity index (χ2v) is 6.46. The van der Waals surface area contributed by atoms with Crippen LogP contribution in [0.15, 0.2) is 53.3 Å². The molecule has 152 valence electrons. The van der Waals surface area contributed by atoms with Gasteiger partial charge in [0.2, 0.25) is 11.7 Å². The fourth-order valence-electron chi connectivity index (χ4n) is 2.53. The Hall–Kier alpha value is -3.43. The van der Waals surface area contributed by atoms with Crippen molar-refractivity contribution in [3.05, 3.63) is 60.2 Å². The first-order valence-corrected chi connectivity index (χ1v) is 8.63. The number of amides is 1. The van der Waals surface area contributed by atoms with Gasteiger partial charge in [0, 0.05) is 23.5 Å². The minimum absolute atomic E-state index is 0.0856. The Morgan fingerprint density at radius 1 is 1.10 bits per heavy atom. The average Bonchev–Trinajstić information content (AvgIpc) is 3.15. The summed E-state index contributed by atoms with van der Waals surface area (Å²) < 4.78 is 45.8. The topological polar surface area (TPSA) is 90.1 Å². The van der Waals surface area contributed by atoms with Crippen molar-refractivity contribution in [2.24, 2.45) is 5.92 Å². The minimum Gasteiger partial charge on any atom is -0.406 e. The molecular weight excluding hydrogens is 389 g/mol. The molecular formula is C19H17F3N4O3. The van der Waals surface area contributed by atoms with Gasteiger partial charge >= 0.3 is 6.36 Å². The molecule has 0 aliphatic heterocycles. The summed E-state index contributed by atoms with van der Waals surface area (Å²) in [6.07, 6.45) is -1.60. The van der Waals surface area contributed by atoms with Crippen molar-refractivity contribution in [1.29, 1.82) is 0 Å². The highest BCUT2D eigenvalue weighted by atomic mass is 19.4. The van der Waals surface area contributed by atoms with Crippen molar-refractivity contribution in [2.75, 3.05) is 0 Å². The molecule has 0 spiro atoms. The van der Waals surface area contributed by atoms with E-state index in [1.165, 1.54) is 12.1 Å². The molecule has 1 unspecified atom stereocenters. The number of carbonyl (C=O) groups is 1. The van der Waals surface area contributed by atoms with Crippen LogP contribution in [0, 0.1) is 5.92 Å². The van der Waals surface area contributed by atoms with Crippen LogP contribution >= 0.6 is 0 Å². The number of carbonyl (C=O) groups excluding carboxylic acids is 1. The molecule has 3 rings (SSSR count). The Morgan fingerprint density at radius 2 is 1.76 bits per heavy atom. The lowest BCUT2D eigenvalue weighted by molar-refractivity contribution is -0.274. The molecule has 1 aromatic carbocycles. The molecule has 0 aliphatic carbocycles. The van der Waals surface area contributed by atoms with Gasteiger partial charge in [-0.1, -0.05) is 19.0 Å². The van der Waals surface area contributed by atoms with Crippen LogP contribution in [0.4, 0.5) is 13.2 Å². The first kappa shape index (κ1) is 20.3. The average molecular weight is 406 g/mol. The molecule has 0 radical (unpaired) electrons. The molecule has 0 fully saturated rings. The van der Waals surface area contributed by atoms with Crippen LogP contribution in [0.5, 0.6) is 5.75 Å². The van der Waals surface area contributed by atoms with E-state index in [1.54, 1.807) is 24.5 Å². The van der Waals surface area contributed by atoms with Gasteiger partial charge in [-0.25, -0.2) is 0 Å². The molecule has 2 aromatic heterocycles. The molecule has 0 saturated carbocycles. The van der Waals surface area contributed by atoms with E-state index in [9.17, 15) is 18.0 Å². The zero-order chi connectivity index (χ0) is 21.0. The molecule has 0 bridgehead atoms. The largest absolute Gasteiger partial charge is 0.573 e. The number of aromatic nitrogens is 3. The third-order valence-electron chi connectivity index (χ3n) is 3.95. The molecule has 1 N–H and O–H groups in total. The lowest BCUT2D eigenvalue weighted by Crippen LogP contribution is -2.32. The summed E-state index contributed by atoms with van der Waals surface area (Å²) in [5.41, 5.74) is 0.878. The van der Waals surface area contributed by atoms with Gasteiger partial charge in [0.25, 0.3) is 5.91 Å². The van der Waals surface area contributed by atoms with Crippen LogP contribution in [0.25, 0.3) is 11.4 Å². The van der Waals surface area contributed by atoms with Crippen molar-refractivity contribution in [3.8, 4) is 17.1 Å². The number of hydrogen-bond acceptors (Lipinski definition) is 6. The second kappa shape index (κ2) is 8.29. The number of hydrogen-bond donors (Lipinski definition) is 1. The van der Waals surface area contributed by atoms with Crippen molar-refractivity contribution >= 4 is 5.91 Å². The quantitative estimate of drug-likeness (QED) is 0.661. The van der Waals surface area contributed by atoms with Crippen molar-refractivity contribution in [1.82, 2.24) is 20.4 Å². The van der Waals surface area contributed by atoms with Crippen LogP contribution in [-0.2, 0) is 0 Å². The van der Waals surface area contributed by atoms with Crippen LogP contribution < -0.4 is 10.1 Å². The van der Waals surface area contributed by atoms with Gasteiger partial charge in [-0.3, -0.25) is 9.78 Å². The maximum Gasteiger partial charge on any atom is 0.573 e. The Morgan fingerprint density at radius 3 is 2.34 bits per heavy atom. The highest BCUT2D eigenvalue weighted by Crippen LogP contribution is 2.25. The Labute approximate surface area is 163 Å². The van der Waals surface area contributed by atoms with Crippen molar-refractivity contribution in [3.63, 3.8) is 0 Å². The maximum atomic E-state index is 12.5. The molecule has 1 amide bonds. The summed E-state index contributed by atoms with van der Waals surface area (Å²) >= 11 is 0. The Balaban J connectivity index is 1.74. The number of pyridine rings is 1. The zero-order valence-electron chi connectivity index (χ0n) is 15.5. The van der Waals surface area contributed by atoms with E-state index in [-0.39, 0.29) is 17.4 Å². The smallest absolute Gasteiger partial charge is 0.406 e. The van der Waals surface area contributed by atoms with E-state index in [4.69, 9.17) is 4.52 Å². The van der Waals surface area contributed by atoms with Gasteiger partial charge in [0.1, 0.15) is 11.8 Å². The van der Waals surface area contributed by atoms with E-state index in [2.05, 4.69) is 25.2 Å². The zero-order valence-corrected chi connectivity index (χ0v) is 15.5. The molecule has 7 nitrogen and oxygen atoms in total. The van der Waals surface area contributed by atoms with E-state index in [0.717, 1.165) is 12.1 Å². The Bertz CT molecular complexity index is 957. The first-order valence-electron chi connectivity index (χ1n) is 8.63. The number of halogens is 3. The van der Waals surface area contributed by atoms with E-state index in [1.807, 2.05) is 13.8 Å². The molecule has 2 heterocycles. The summed E-state index contributed by atoms with van der Waals surface area (Å²) in [5.74, 6) is -0.412. The predicted molar refractivity (Wildman–Crippen MR) is 95.7 cm³/mol. The molecule has 29 heavy (non-hydrogen) atoms. The summed E-state index contributed by atoms with van der Waals surface area (Å²) in [6, 6.07) is 7.48. The Kier molecular flexibility index (Phi) is 5.81. The third kappa shape index (κ3) is 5.31. The highest BCUT2D eigenvalue weighted by Gasteiger charge is 2.31. The monoisotopic (exact) mass is 406 g/mol. The lowest BCUT2D eigenvalue weighted by Gasteiger charge is -2.18. The fourth-order valence-corrected chi connectivity index (χ4v) is 2.53. The van der Waals surface area contributed by atoms with Crippen molar-refractivity contribution < 1.29 is 27.2 Å². The molecule has 3 aromatic rings. The molecule has 10 heteroatoms. The number of alkyl halides is 3. The molecule has 1 atom stereocenters. The number of benzene rings is 1. The SMILES string of the molecule is CC(C)C(NC(=O)c1ccc(OC(F)(F)F)cc1)c1nc(-c2ccncc2)no1. The first-order chi connectivity index (χ1) is 13.7. The molecule has 0 saturated heterocycles. The number of nitrogens with one attached hydrogen (secondary N) is 1. The van der Waals surface area contributed by atoms with Crippen LogP contribution in [0.3, 0.4) is 0 Å². The predicted octanol–water partition coefficient (Wildman–Crippen LogP) is 4.16. The van der Waals surface area contributed by atoms with Crippen LogP contribution in [-0.4, -0.2) is 27.4 Å². The van der Waals surface area contributed by atoms with Gasteiger partial charge < -0.3 is 14.6 Å². The van der Waals surface area contributed by atoms with E-state index >= 15 is 0 Å². The van der Waals surface area contributed by atoms with Crippen molar-refractivity contribution in [2.45, 2.75) is 26.3 Å². The van der Waals surface area contributed by atoms with E-state index in [0.29, 0.717) is 11.4 Å². The fraction of sp³-hybridized carbons (Fsp3) is 0.263. The van der Waals surface area contributed by atoms with Crippen LogP contribution in [0.2, 0.25) is 0 Å². The number of ether oxygens (including phenoxy) is 1. The molecule has 0 aliphatic rings. The lowest BCUT2D eigenvalue weighted by atomic mass is 10.0. The number of nitrogens with zero attached hydrogens (tertiary/aromatic N) is 3. The maximum absolute atomic E-state index is 12.5. The van der Waals surface area contributed by atoms with Gasteiger partial charge in [-0.05, 0) is 42.3 Å². The van der Waals surface area contributed by atoms with Gasteiger partial charge in [0.05, 0.1) is 0 Å². The number of rotatable bonds is 6. The van der Waals surface area contributed by atoms with Gasteiger partial charge in [-0.15, -0.1) is 13.2 Å². The summed E-state index contributed by atoms with van der Waals surface area (Å²) in [5, 5.41) is 6.70. The van der Waals surface area contributed by atoms with E-state index < -0.39 is 24.1 Å². The highest BCUT2D eigenvalue weighted by molar-refractivity contribution is 5.94. The standard InChI is InChI=1S/C19H17F3N4O3/c1-11(2)15(18-25-16(26-29-18)12-7-9-23-10-8-12)24-17(27)13-3-5-14(6-4-13)28-19(20,21)22/h3-11,15H,1-2H3,(H,24,27). The second-order valence-electron chi connectivity index (χ2n) is 6.46. The van der Waals surface area contributed by atoms with Gasteiger partial charge in [0.15, 0.2) is 0 Å². The summed E-state index contributed by atoms with van der Waals surface area (Å²) in [6.45, 7) is 3.73. The van der Waals surface area contributed by atoms with Crippen LogP contribution in [0.1, 0.15) is 36.1 Å². The third-order valence-corrected chi connectivity index (χ3v) is 3.95.